The van der Waals surface area contributed by atoms with Gasteiger partial charge in [-0.05, 0) is 25.6 Å². The van der Waals surface area contributed by atoms with Gasteiger partial charge < -0.3 is 19.5 Å². The van der Waals surface area contributed by atoms with Gasteiger partial charge in [-0.2, -0.15) is 0 Å². The molecule has 0 saturated heterocycles. The van der Waals surface area contributed by atoms with Gasteiger partial charge in [-0.15, -0.1) is 0 Å². The first-order valence-corrected chi connectivity index (χ1v) is 5.56. The fourth-order valence-corrected chi connectivity index (χ4v) is 1.57. The standard InChI is InChI=1S/C12H17NO3/c1-3-13-7-9(2)16-10-4-5-11-12(6-10)15-8-14-11/h4-6,9,13H,3,7-8H2,1-2H3. The van der Waals surface area contributed by atoms with Gasteiger partial charge in [-0.1, -0.05) is 6.92 Å². The molecule has 1 heterocycles. The fraction of sp³-hybridized carbons (Fsp3) is 0.500. The molecule has 2 rings (SSSR count). The molecule has 1 atom stereocenters. The third-order valence-electron chi connectivity index (χ3n) is 2.36. The Morgan fingerprint density at radius 2 is 2.19 bits per heavy atom. The van der Waals surface area contributed by atoms with Gasteiger partial charge in [-0.25, -0.2) is 0 Å². The fourth-order valence-electron chi connectivity index (χ4n) is 1.57. The minimum absolute atomic E-state index is 0.139. The van der Waals surface area contributed by atoms with Crippen LogP contribution < -0.4 is 19.5 Å². The van der Waals surface area contributed by atoms with E-state index in [1.54, 1.807) is 0 Å². The lowest BCUT2D eigenvalue weighted by molar-refractivity contribution is 0.173. The van der Waals surface area contributed by atoms with Crippen molar-refractivity contribution in [3.8, 4) is 17.2 Å². The molecule has 4 heteroatoms. The van der Waals surface area contributed by atoms with Crippen molar-refractivity contribution in [2.75, 3.05) is 19.9 Å². The molecule has 0 aliphatic carbocycles. The Kier molecular flexibility index (Phi) is 3.51. The largest absolute Gasteiger partial charge is 0.489 e. The normalized spacial score (nSPS) is 14.9. The molecule has 0 bridgehead atoms. The predicted molar refractivity (Wildman–Crippen MR) is 61.2 cm³/mol. The molecule has 0 saturated carbocycles. The second-order valence-corrected chi connectivity index (χ2v) is 3.75. The van der Waals surface area contributed by atoms with Crippen LogP contribution in [0.3, 0.4) is 0 Å². The van der Waals surface area contributed by atoms with E-state index in [0.29, 0.717) is 6.79 Å². The molecule has 1 aliphatic heterocycles. The number of fused-ring (bicyclic) bond motifs is 1. The zero-order chi connectivity index (χ0) is 11.4. The summed E-state index contributed by atoms with van der Waals surface area (Å²) in [7, 11) is 0. The van der Waals surface area contributed by atoms with Gasteiger partial charge >= 0.3 is 0 Å². The van der Waals surface area contributed by atoms with E-state index in [4.69, 9.17) is 14.2 Å². The minimum Gasteiger partial charge on any atom is -0.489 e. The minimum atomic E-state index is 0.139. The van der Waals surface area contributed by atoms with Crippen molar-refractivity contribution in [3.63, 3.8) is 0 Å². The highest BCUT2D eigenvalue weighted by molar-refractivity contribution is 5.46. The summed E-state index contributed by atoms with van der Waals surface area (Å²) in [5.74, 6) is 2.36. The first kappa shape index (κ1) is 11.1. The van der Waals surface area contributed by atoms with Crippen LogP contribution in [0, 0.1) is 0 Å². The van der Waals surface area contributed by atoms with Gasteiger partial charge in [0.1, 0.15) is 11.9 Å². The Morgan fingerprint density at radius 1 is 1.38 bits per heavy atom. The lowest BCUT2D eigenvalue weighted by Gasteiger charge is -2.15. The number of benzene rings is 1. The number of hydrogen-bond acceptors (Lipinski definition) is 4. The molecule has 4 nitrogen and oxygen atoms in total. The third-order valence-corrected chi connectivity index (χ3v) is 2.36. The van der Waals surface area contributed by atoms with Crippen LogP contribution in [-0.4, -0.2) is 26.0 Å². The maximum atomic E-state index is 5.74. The summed E-state index contributed by atoms with van der Waals surface area (Å²) in [5, 5.41) is 3.24. The summed E-state index contributed by atoms with van der Waals surface area (Å²) >= 11 is 0. The molecule has 0 aromatic heterocycles. The van der Waals surface area contributed by atoms with E-state index in [1.807, 2.05) is 25.1 Å². The molecule has 1 aliphatic rings. The zero-order valence-corrected chi connectivity index (χ0v) is 9.66. The Bertz CT molecular complexity index is 354. The quantitative estimate of drug-likeness (QED) is 0.826. The van der Waals surface area contributed by atoms with Gasteiger partial charge in [0.15, 0.2) is 11.5 Å². The zero-order valence-electron chi connectivity index (χ0n) is 9.66. The maximum Gasteiger partial charge on any atom is 0.231 e. The van der Waals surface area contributed by atoms with Gasteiger partial charge in [0, 0.05) is 12.6 Å². The van der Waals surface area contributed by atoms with Crippen LogP contribution in [0.2, 0.25) is 0 Å². The summed E-state index contributed by atoms with van der Waals surface area (Å²) in [6.45, 7) is 6.20. The smallest absolute Gasteiger partial charge is 0.231 e. The van der Waals surface area contributed by atoms with Crippen LogP contribution in [0.4, 0.5) is 0 Å². The summed E-state index contributed by atoms with van der Waals surface area (Å²) in [4.78, 5) is 0. The second kappa shape index (κ2) is 5.07. The van der Waals surface area contributed by atoms with Crippen molar-refractivity contribution < 1.29 is 14.2 Å². The molecule has 0 fully saturated rings. The van der Waals surface area contributed by atoms with Gasteiger partial charge in [0.2, 0.25) is 6.79 Å². The van der Waals surface area contributed by atoms with E-state index < -0.39 is 0 Å². The van der Waals surface area contributed by atoms with Gasteiger partial charge in [-0.3, -0.25) is 0 Å². The van der Waals surface area contributed by atoms with Crippen molar-refractivity contribution in [2.24, 2.45) is 0 Å². The van der Waals surface area contributed by atoms with Crippen molar-refractivity contribution in [1.29, 1.82) is 0 Å². The Labute approximate surface area is 95.5 Å². The molecule has 1 aromatic rings. The summed E-state index contributed by atoms with van der Waals surface area (Å²) < 4.78 is 16.3. The first-order chi connectivity index (χ1) is 7.79. The molecule has 0 spiro atoms. The van der Waals surface area contributed by atoms with E-state index >= 15 is 0 Å². The molecule has 16 heavy (non-hydrogen) atoms. The molecular weight excluding hydrogens is 206 g/mol. The van der Waals surface area contributed by atoms with E-state index in [2.05, 4.69) is 12.2 Å². The van der Waals surface area contributed by atoms with Crippen LogP contribution in [-0.2, 0) is 0 Å². The Morgan fingerprint density at radius 3 is 3.00 bits per heavy atom. The third kappa shape index (κ3) is 2.58. The summed E-state index contributed by atoms with van der Waals surface area (Å²) in [6, 6.07) is 5.64. The average Bonchev–Trinajstić information content (AvgIpc) is 2.73. The average molecular weight is 223 g/mol. The van der Waals surface area contributed by atoms with Crippen LogP contribution in [0.1, 0.15) is 13.8 Å². The van der Waals surface area contributed by atoms with Crippen LogP contribution >= 0.6 is 0 Å². The molecule has 1 unspecified atom stereocenters. The SMILES string of the molecule is CCNCC(C)Oc1ccc2c(c1)OCO2. The molecule has 1 N–H and O–H groups in total. The number of rotatable bonds is 5. The summed E-state index contributed by atoms with van der Waals surface area (Å²) in [6.07, 6.45) is 0.139. The first-order valence-electron chi connectivity index (χ1n) is 5.56. The Hall–Kier alpha value is -1.42. The summed E-state index contributed by atoms with van der Waals surface area (Å²) in [5.41, 5.74) is 0. The van der Waals surface area contributed by atoms with Gasteiger partial charge in [0.25, 0.3) is 0 Å². The molecule has 1 aromatic carbocycles. The maximum absolute atomic E-state index is 5.74. The molecular formula is C12H17NO3. The number of likely N-dealkylation sites (N-methyl/N-ethyl adjacent to an activating group) is 1. The van der Waals surface area contributed by atoms with Crippen molar-refractivity contribution in [2.45, 2.75) is 20.0 Å². The highest BCUT2D eigenvalue weighted by atomic mass is 16.7. The van der Waals surface area contributed by atoms with Crippen molar-refractivity contribution >= 4 is 0 Å². The van der Waals surface area contributed by atoms with Gasteiger partial charge in [0.05, 0.1) is 0 Å². The monoisotopic (exact) mass is 223 g/mol. The molecule has 88 valence electrons. The number of nitrogens with one attached hydrogen (secondary N) is 1. The van der Waals surface area contributed by atoms with E-state index in [1.165, 1.54) is 0 Å². The van der Waals surface area contributed by atoms with E-state index in [-0.39, 0.29) is 6.10 Å². The highest BCUT2D eigenvalue weighted by Gasteiger charge is 2.14. The lowest BCUT2D eigenvalue weighted by atomic mass is 10.3. The van der Waals surface area contributed by atoms with Crippen molar-refractivity contribution in [3.05, 3.63) is 18.2 Å². The van der Waals surface area contributed by atoms with E-state index in [0.717, 1.165) is 30.3 Å². The topological polar surface area (TPSA) is 39.7 Å². The lowest BCUT2D eigenvalue weighted by Crippen LogP contribution is -2.28. The number of ether oxygens (including phenoxy) is 3. The van der Waals surface area contributed by atoms with Crippen molar-refractivity contribution in [1.82, 2.24) is 5.32 Å². The predicted octanol–water partition coefficient (Wildman–Crippen LogP) is 1.79. The number of hydrogen-bond donors (Lipinski definition) is 1. The second-order valence-electron chi connectivity index (χ2n) is 3.75. The molecule has 0 amide bonds. The van der Waals surface area contributed by atoms with Crippen LogP contribution in [0.5, 0.6) is 17.2 Å². The van der Waals surface area contributed by atoms with Crippen LogP contribution in [0.15, 0.2) is 18.2 Å². The molecule has 0 radical (unpaired) electrons. The van der Waals surface area contributed by atoms with Crippen LogP contribution in [0.25, 0.3) is 0 Å². The van der Waals surface area contributed by atoms with E-state index in [9.17, 15) is 0 Å². The Balaban J connectivity index is 1.94. The highest BCUT2D eigenvalue weighted by Crippen LogP contribution is 2.35.